The first-order valence-corrected chi connectivity index (χ1v) is 5.40. The summed E-state index contributed by atoms with van der Waals surface area (Å²) in [6.45, 7) is 2.06. The first-order valence-electron chi connectivity index (χ1n) is 5.40. The maximum absolute atomic E-state index is 5.86. The van der Waals surface area contributed by atoms with E-state index in [0.29, 0.717) is 5.69 Å². The van der Waals surface area contributed by atoms with Gasteiger partial charge in [-0.15, -0.1) is 0 Å². The summed E-state index contributed by atoms with van der Waals surface area (Å²) in [7, 11) is 0. The fourth-order valence-electron chi connectivity index (χ4n) is 1.85. The van der Waals surface area contributed by atoms with E-state index >= 15 is 0 Å². The molecular weight excluding hydrogens is 212 g/mol. The van der Waals surface area contributed by atoms with Crippen molar-refractivity contribution in [3.05, 3.63) is 48.4 Å². The van der Waals surface area contributed by atoms with E-state index in [1.807, 2.05) is 16.8 Å². The van der Waals surface area contributed by atoms with Crippen LogP contribution in [0.25, 0.3) is 16.6 Å². The molecule has 2 aromatic heterocycles. The standard InChI is InChI=1S/C13H12N4/c1-9-2-4-10(5-3-9)17-13-8-15-7-12(14)11(13)6-16-17/h2-8H,14H2,1H3. The van der Waals surface area contributed by atoms with Crippen LogP contribution in [0.4, 0.5) is 5.69 Å². The second-order valence-corrected chi connectivity index (χ2v) is 4.05. The molecule has 3 rings (SSSR count). The monoisotopic (exact) mass is 224 g/mol. The zero-order chi connectivity index (χ0) is 11.8. The molecule has 0 radical (unpaired) electrons. The molecule has 1 aromatic carbocycles. The lowest BCUT2D eigenvalue weighted by atomic mass is 10.2. The van der Waals surface area contributed by atoms with E-state index in [2.05, 4.69) is 29.1 Å². The molecule has 0 aliphatic heterocycles. The maximum Gasteiger partial charge on any atom is 0.0944 e. The molecule has 0 spiro atoms. The fourth-order valence-corrected chi connectivity index (χ4v) is 1.85. The fraction of sp³-hybridized carbons (Fsp3) is 0.0769. The highest BCUT2D eigenvalue weighted by molar-refractivity contribution is 5.89. The van der Waals surface area contributed by atoms with Crippen molar-refractivity contribution in [3.8, 4) is 5.69 Å². The van der Waals surface area contributed by atoms with Crippen LogP contribution in [0.2, 0.25) is 0 Å². The van der Waals surface area contributed by atoms with Gasteiger partial charge in [-0.25, -0.2) is 4.68 Å². The van der Waals surface area contributed by atoms with Gasteiger partial charge in [0.1, 0.15) is 0 Å². The van der Waals surface area contributed by atoms with Crippen LogP contribution in [0.15, 0.2) is 42.9 Å². The largest absolute Gasteiger partial charge is 0.397 e. The molecule has 0 aliphatic rings. The molecule has 84 valence electrons. The van der Waals surface area contributed by atoms with E-state index in [-0.39, 0.29) is 0 Å². The highest BCUT2D eigenvalue weighted by Crippen LogP contribution is 2.21. The maximum atomic E-state index is 5.86. The Bertz CT molecular complexity index is 667. The van der Waals surface area contributed by atoms with Crippen molar-refractivity contribution in [2.24, 2.45) is 0 Å². The van der Waals surface area contributed by atoms with Crippen molar-refractivity contribution in [2.45, 2.75) is 6.92 Å². The Morgan fingerprint density at radius 2 is 1.82 bits per heavy atom. The zero-order valence-corrected chi connectivity index (χ0v) is 9.46. The third-order valence-corrected chi connectivity index (χ3v) is 2.81. The van der Waals surface area contributed by atoms with Crippen LogP contribution in [-0.4, -0.2) is 14.8 Å². The smallest absolute Gasteiger partial charge is 0.0944 e. The SMILES string of the molecule is Cc1ccc(-n2ncc3c(N)cncc32)cc1. The predicted molar refractivity (Wildman–Crippen MR) is 68.0 cm³/mol. The number of nitrogen functional groups attached to an aromatic ring is 1. The average Bonchev–Trinajstić information content (AvgIpc) is 2.75. The van der Waals surface area contributed by atoms with Crippen molar-refractivity contribution in [2.75, 3.05) is 5.73 Å². The lowest BCUT2D eigenvalue weighted by Gasteiger charge is -2.03. The van der Waals surface area contributed by atoms with Gasteiger partial charge < -0.3 is 5.73 Å². The van der Waals surface area contributed by atoms with Crippen molar-refractivity contribution in [3.63, 3.8) is 0 Å². The number of rotatable bonds is 1. The van der Waals surface area contributed by atoms with Gasteiger partial charge in [-0.2, -0.15) is 5.10 Å². The van der Waals surface area contributed by atoms with Gasteiger partial charge in [-0.3, -0.25) is 4.98 Å². The number of fused-ring (bicyclic) bond motifs is 1. The summed E-state index contributed by atoms with van der Waals surface area (Å²) in [5, 5.41) is 5.28. The summed E-state index contributed by atoms with van der Waals surface area (Å²) in [4.78, 5) is 4.10. The zero-order valence-electron chi connectivity index (χ0n) is 9.46. The second kappa shape index (κ2) is 3.59. The summed E-state index contributed by atoms with van der Waals surface area (Å²) >= 11 is 0. The van der Waals surface area contributed by atoms with Gasteiger partial charge in [0.2, 0.25) is 0 Å². The van der Waals surface area contributed by atoms with Gasteiger partial charge in [0, 0.05) is 5.39 Å². The molecule has 4 nitrogen and oxygen atoms in total. The summed E-state index contributed by atoms with van der Waals surface area (Å²) in [6.07, 6.45) is 5.19. The Morgan fingerprint density at radius 1 is 1.06 bits per heavy atom. The lowest BCUT2D eigenvalue weighted by Crippen LogP contribution is -1.96. The van der Waals surface area contributed by atoms with Gasteiger partial charge in [0.25, 0.3) is 0 Å². The van der Waals surface area contributed by atoms with Gasteiger partial charge >= 0.3 is 0 Å². The molecule has 4 heteroatoms. The number of benzene rings is 1. The number of aromatic nitrogens is 3. The summed E-state index contributed by atoms with van der Waals surface area (Å²) in [5.41, 5.74) is 9.67. The van der Waals surface area contributed by atoms with Gasteiger partial charge in [-0.1, -0.05) is 17.7 Å². The Hall–Kier alpha value is -2.36. The highest BCUT2D eigenvalue weighted by Gasteiger charge is 2.06. The minimum absolute atomic E-state index is 0.654. The Kier molecular flexibility index (Phi) is 2.08. The predicted octanol–water partition coefficient (Wildman–Crippen LogP) is 2.31. The minimum atomic E-state index is 0.654. The van der Waals surface area contributed by atoms with E-state index in [1.54, 1.807) is 18.6 Å². The van der Waals surface area contributed by atoms with Gasteiger partial charge in [-0.05, 0) is 19.1 Å². The van der Waals surface area contributed by atoms with Crippen LogP contribution in [0.5, 0.6) is 0 Å². The molecule has 3 aromatic rings. The number of hydrogen-bond donors (Lipinski definition) is 1. The highest BCUT2D eigenvalue weighted by atomic mass is 15.3. The molecule has 0 saturated heterocycles. The van der Waals surface area contributed by atoms with Crippen LogP contribution in [0, 0.1) is 6.92 Å². The molecule has 0 bridgehead atoms. The molecule has 0 saturated carbocycles. The first-order chi connectivity index (χ1) is 8.25. The quantitative estimate of drug-likeness (QED) is 0.690. The third-order valence-electron chi connectivity index (χ3n) is 2.81. The van der Waals surface area contributed by atoms with Crippen LogP contribution >= 0.6 is 0 Å². The molecule has 2 N–H and O–H groups in total. The van der Waals surface area contributed by atoms with E-state index in [9.17, 15) is 0 Å². The number of nitrogens with two attached hydrogens (primary N) is 1. The summed E-state index contributed by atoms with van der Waals surface area (Å²) < 4.78 is 1.85. The number of pyridine rings is 1. The molecule has 0 aliphatic carbocycles. The van der Waals surface area contributed by atoms with Crippen molar-refractivity contribution in [1.29, 1.82) is 0 Å². The normalized spacial score (nSPS) is 10.9. The molecule has 2 heterocycles. The third kappa shape index (κ3) is 1.54. The average molecular weight is 224 g/mol. The van der Waals surface area contributed by atoms with Gasteiger partial charge in [0.05, 0.1) is 35.5 Å². The van der Waals surface area contributed by atoms with E-state index in [1.165, 1.54) is 5.56 Å². The van der Waals surface area contributed by atoms with E-state index in [0.717, 1.165) is 16.6 Å². The van der Waals surface area contributed by atoms with Gasteiger partial charge in [0.15, 0.2) is 0 Å². The second-order valence-electron chi connectivity index (χ2n) is 4.05. The number of hydrogen-bond acceptors (Lipinski definition) is 3. The van der Waals surface area contributed by atoms with Crippen LogP contribution in [0.1, 0.15) is 5.56 Å². The van der Waals surface area contributed by atoms with Crippen LogP contribution in [0.3, 0.4) is 0 Å². The summed E-state index contributed by atoms with van der Waals surface area (Å²) in [6, 6.07) is 8.18. The number of nitrogens with zero attached hydrogens (tertiary/aromatic N) is 3. The van der Waals surface area contributed by atoms with Crippen molar-refractivity contribution >= 4 is 16.6 Å². The molecular formula is C13H12N4. The molecule has 0 fully saturated rings. The number of anilines is 1. The van der Waals surface area contributed by atoms with Crippen molar-refractivity contribution < 1.29 is 0 Å². The Morgan fingerprint density at radius 3 is 2.59 bits per heavy atom. The first kappa shape index (κ1) is 9.84. The summed E-state index contributed by atoms with van der Waals surface area (Å²) in [5.74, 6) is 0. The Labute approximate surface area is 98.7 Å². The van der Waals surface area contributed by atoms with E-state index in [4.69, 9.17) is 5.73 Å². The minimum Gasteiger partial charge on any atom is -0.397 e. The molecule has 0 amide bonds. The molecule has 0 unspecified atom stereocenters. The lowest BCUT2D eigenvalue weighted by molar-refractivity contribution is 0.908. The topological polar surface area (TPSA) is 56.7 Å². The molecule has 17 heavy (non-hydrogen) atoms. The molecule has 0 atom stereocenters. The van der Waals surface area contributed by atoms with Crippen LogP contribution < -0.4 is 5.73 Å². The van der Waals surface area contributed by atoms with E-state index < -0.39 is 0 Å². The van der Waals surface area contributed by atoms with Crippen molar-refractivity contribution in [1.82, 2.24) is 14.8 Å². The van der Waals surface area contributed by atoms with Crippen LogP contribution in [-0.2, 0) is 0 Å². The number of aryl methyl sites for hydroxylation is 1. The Balaban J connectivity index is 2.24.